The molecule has 37 heavy (non-hydrogen) atoms. The first kappa shape index (κ1) is 26.6. The largest absolute Gasteiger partial charge is 0.481 e. The number of likely N-dealkylation sites (N-methyl/N-ethyl adjacent to an activating group) is 1. The number of urea groups is 1. The van der Waals surface area contributed by atoms with Crippen LogP contribution < -0.4 is 5.32 Å². The van der Waals surface area contributed by atoms with Crippen molar-refractivity contribution in [3.8, 4) is 0 Å². The molecule has 4 amide bonds. The topological polar surface area (TPSA) is 114 Å². The van der Waals surface area contributed by atoms with Gasteiger partial charge in [-0.1, -0.05) is 23.8 Å². The molecule has 11 heteroatoms. The maximum absolute atomic E-state index is 13.5. The monoisotopic (exact) mass is 515 g/mol. The molecule has 2 heterocycles. The number of benzene rings is 1. The molecule has 0 saturated carbocycles. The molecule has 0 spiro atoms. The number of fused-ring (bicyclic) bond motifs is 1. The Hall–Kier alpha value is -3.47. The number of allylic oxidation sites excluding steroid dienone is 1. The SMILES string of the molecule is CN1CC(=O)N2[C@@H](CCC(=O)O)C(=O)N(CCC3=CCCCC3)C[C@@H]2N1C(=O)NCc1ccc(F)cc1. The number of hydrazine groups is 1. The summed E-state index contributed by atoms with van der Waals surface area (Å²) in [7, 11) is 1.63. The third kappa shape index (κ3) is 6.27. The number of hydrogen-bond acceptors (Lipinski definition) is 5. The molecular weight excluding hydrogens is 481 g/mol. The second-order valence-electron chi connectivity index (χ2n) is 9.82. The average Bonchev–Trinajstić information content (AvgIpc) is 2.87. The van der Waals surface area contributed by atoms with Crippen molar-refractivity contribution in [2.24, 2.45) is 0 Å². The minimum absolute atomic E-state index is 0.0235. The van der Waals surface area contributed by atoms with Crippen molar-refractivity contribution < 1.29 is 28.7 Å². The second-order valence-corrected chi connectivity index (χ2v) is 9.82. The molecule has 10 nitrogen and oxygen atoms in total. The van der Waals surface area contributed by atoms with E-state index in [1.807, 2.05) is 0 Å². The van der Waals surface area contributed by atoms with Crippen molar-refractivity contribution in [3.05, 3.63) is 47.3 Å². The van der Waals surface area contributed by atoms with Gasteiger partial charge in [0, 0.05) is 26.6 Å². The van der Waals surface area contributed by atoms with Crippen LogP contribution in [0.25, 0.3) is 0 Å². The highest BCUT2D eigenvalue weighted by molar-refractivity contribution is 5.91. The lowest BCUT2D eigenvalue weighted by molar-refractivity contribution is -0.187. The fourth-order valence-corrected chi connectivity index (χ4v) is 5.31. The van der Waals surface area contributed by atoms with Crippen molar-refractivity contribution >= 4 is 23.8 Å². The molecule has 0 aromatic heterocycles. The summed E-state index contributed by atoms with van der Waals surface area (Å²) >= 11 is 0. The Morgan fingerprint density at radius 1 is 1.16 bits per heavy atom. The van der Waals surface area contributed by atoms with E-state index in [1.165, 1.54) is 32.6 Å². The summed E-state index contributed by atoms with van der Waals surface area (Å²) in [5, 5.41) is 15.0. The molecule has 2 N–H and O–H groups in total. The highest BCUT2D eigenvalue weighted by Gasteiger charge is 2.50. The highest BCUT2D eigenvalue weighted by Crippen LogP contribution is 2.29. The van der Waals surface area contributed by atoms with E-state index in [9.17, 15) is 28.7 Å². The van der Waals surface area contributed by atoms with Crippen LogP contribution in [0.2, 0.25) is 0 Å². The van der Waals surface area contributed by atoms with Gasteiger partial charge in [-0.3, -0.25) is 14.4 Å². The first-order valence-electron chi connectivity index (χ1n) is 12.8. The van der Waals surface area contributed by atoms with Crippen LogP contribution in [0.1, 0.15) is 50.5 Å². The maximum Gasteiger partial charge on any atom is 0.334 e. The number of halogens is 1. The number of piperazine rings is 1. The normalized spacial score (nSPS) is 22.5. The zero-order chi connectivity index (χ0) is 26.5. The standard InChI is InChI=1S/C26H34FN5O5/c1-29-17-23(33)31-21(11-12-24(34)35)25(36)30(14-13-18-5-3-2-4-6-18)16-22(31)32(29)26(37)28-15-19-7-9-20(27)10-8-19/h5,7-10,21-22H,2-4,6,11-17H2,1H3,(H,28,37)(H,34,35)/t21-,22-/m0/s1. The third-order valence-corrected chi connectivity index (χ3v) is 7.22. The fourth-order valence-electron chi connectivity index (χ4n) is 5.31. The molecule has 200 valence electrons. The summed E-state index contributed by atoms with van der Waals surface area (Å²) in [6, 6.07) is 4.37. The van der Waals surface area contributed by atoms with Gasteiger partial charge in [0.15, 0.2) is 0 Å². The van der Waals surface area contributed by atoms with Gasteiger partial charge in [-0.05, 0) is 56.2 Å². The first-order chi connectivity index (χ1) is 17.7. The van der Waals surface area contributed by atoms with Gasteiger partial charge in [0.05, 0.1) is 13.1 Å². The molecule has 0 bridgehead atoms. The number of amides is 4. The van der Waals surface area contributed by atoms with Gasteiger partial charge in [-0.15, -0.1) is 0 Å². The van der Waals surface area contributed by atoms with Crippen molar-refractivity contribution in [3.63, 3.8) is 0 Å². The van der Waals surface area contributed by atoms with E-state index in [0.29, 0.717) is 18.5 Å². The van der Waals surface area contributed by atoms with Crippen LogP contribution in [0.3, 0.4) is 0 Å². The molecule has 2 atom stereocenters. The highest BCUT2D eigenvalue weighted by atomic mass is 19.1. The number of carboxylic acid groups (broad SMARTS) is 1. The second kappa shape index (κ2) is 11.7. The predicted octanol–water partition coefficient (Wildman–Crippen LogP) is 2.32. The van der Waals surface area contributed by atoms with Gasteiger partial charge < -0.3 is 20.2 Å². The summed E-state index contributed by atoms with van der Waals surface area (Å²) in [6.07, 6.45) is 6.19. The molecule has 3 aliphatic rings. The Labute approximate surface area is 215 Å². The first-order valence-corrected chi connectivity index (χ1v) is 12.8. The number of carbonyl (C=O) groups is 4. The van der Waals surface area contributed by atoms with Crippen LogP contribution in [-0.4, -0.2) is 87.6 Å². The maximum atomic E-state index is 13.5. The lowest BCUT2D eigenvalue weighted by Gasteiger charge is -2.54. The van der Waals surface area contributed by atoms with Crippen LogP contribution in [0.15, 0.2) is 35.9 Å². The van der Waals surface area contributed by atoms with Crippen molar-refractivity contribution in [1.82, 2.24) is 25.1 Å². The predicted molar refractivity (Wildman–Crippen MR) is 132 cm³/mol. The van der Waals surface area contributed by atoms with Crippen molar-refractivity contribution in [2.45, 2.75) is 63.7 Å². The number of hydrogen-bond donors (Lipinski definition) is 2. The van der Waals surface area contributed by atoms with Crippen LogP contribution in [0.5, 0.6) is 0 Å². The molecule has 0 unspecified atom stereocenters. The van der Waals surface area contributed by atoms with E-state index in [-0.39, 0.29) is 50.1 Å². The minimum Gasteiger partial charge on any atom is -0.481 e. The lowest BCUT2D eigenvalue weighted by Crippen LogP contribution is -2.76. The van der Waals surface area contributed by atoms with Gasteiger partial charge >= 0.3 is 12.0 Å². The Bertz CT molecular complexity index is 1060. The number of rotatable bonds is 8. The van der Waals surface area contributed by atoms with Crippen molar-refractivity contribution in [2.75, 3.05) is 26.7 Å². The molecule has 1 aromatic carbocycles. The number of nitrogens with one attached hydrogen (secondary N) is 1. The summed E-state index contributed by atoms with van der Waals surface area (Å²) in [4.78, 5) is 54.3. The minimum atomic E-state index is -1.05. The summed E-state index contributed by atoms with van der Waals surface area (Å²) < 4.78 is 13.2. The number of carboxylic acids is 1. The smallest absolute Gasteiger partial charge is 0.334 e. The Balaban J connectivity index is 1.54. The van der Waals surface area contributed by atoms with Crippen LogP contribution in [0, 0.1) is 5.82 Å². The number of aliphatic carboxylic acids is 1. The van der Waals surface area contributed by atoms with Crippen molar-refractivity contribution in [1.29, 1.82) is 0 Å². The quantitative estimate of drug-likeness (QED) is 0.514. The number of nitrogens with zero attached hydrogens (tertiary/aromatic N) is 4. The van der Waals surface area contributed by atoms with E-state index in [2.05, 4.69) is 11.4 Å². The van der Waals surface area contributed by atoms with Crippen LogP contribution in [-0.2, 0) is 20.9 Å². The zero-order valence-corrected chi connectivity index (χ0v) is 21.1. The van der Waals surface area contributed by atoms with E-state index in [0.717, 1.165) is 25.7 Å². The molecule has 2 fully saturated rings. The van der Waals surface area contributed by atoms with Gasteiger partial charge in [0.25, 0.3) is 0 Å². The Kier molecular flexibility index (Phi) is 8.42. The Morgan fingerprint density at radius 3 is 2.59 bits per heavy atom. The Morgan fingerprint density at radius 2 is 1.92 bits per heavy atom. The molecule has 2 saturated heterocycles. The molecule has 1 aromatic rings. The third-order valence-electron chi connectivity index (χ3n) is 7.22. The van der Waals surface area contributed by atoms with Gasteiger partial charge in [-0.2, -0.15) is 0 Å². The zero-order valence-electron chi connectivity index (χ0n) is 21.1. The summed E-state index contributed by atoms with van der Waals surface area (Å²) in [6.45, 7) is 0.616. The lowest BCUT2D eigenvalue weighted by atomic mass is 9.96. The molecule has 4 rings (SSSR count). The van der Waals surface area contributed by atoms with E-state index in [4.69, 9.17) is 0 Å². The van der Waals surface area contributed by atoms with Crippen LogP contribution in [0.4, 0.5) is 9.18 Å². The molecular formula is C26H34FN5O5. The molecule has 1 aliphatic carbocycles. The van der Waals surface area contributed by atoms with E-state index < -0.39 is 24.2 Å². The fraction of sp³-hybridized carbons (Fsp3) is 0.538. The average molecular weight is 516 g/mol. The van der Waals surface area contributed by atoms with Gasteiger partial charge in [-0.25, -0.2) is 19.2 Å². The summed E-state index contributed by atoms with van der Waals surface area (Å²) in [5.74, 6) is -2.03. The molecule has 2 aliphatic heterocycles. The van der Waals surface area contributed by atoms with Gasteiger partial charge in [0.1, 0.15) is 18.0 Å². The van der Waals surface area contributed by atoms with Gasteiger partial charge in [0.2, 0.25) is 11.8 Å². The summed E-state index contributed by atoms with van der Waals surface area (Å²) in [5.41, 5.74) is 2.01. The number of carbonyl (C=O) groups excluding carboxylic acids is 3. The van der Waals surface area contributed by atoms with E-state index >= 15 is 0 Å². The molecule has 0 radical (unpaired) electrons. The van der Waals surface area contributed by atoms with E-state index in [1.54, 1.807) is 24.1 Å². The van der Waals surface area contributed by atoms with Crippen LogP contribution >= 0.6 is 0 Å².